The van der Waals surface area contributed by atoms with Crippen LogP contribution >= 0.6 is 23.5 Å². The molecule has 1 aliphatic rings. The van der Waals surface area contributed by atoms with Gasteiger partial charge in [-0.15, -0.1) is 23.5 Å². The molecule has 2 aromatic carbocycles. The highest BCUT2D eigenvalue weighted by molar-refractivity contribution is 8.18. The van der Waals surface area contributed by atoms with E-state index in [4.69, 9.17) is 4.74 Å². The van der Waals surface area contributed by atoms with E-state index >= 15 is 0 Å². The highest BCUT2D eigenvalue weighted by Gasteiger charge is 2.40. The quantitative estimate of drug-likeness (QED) is 0.159. The van der Waals surface area contributed by atoms with Gasteiger partial charge in [-0.05, 0) is 64.8 Å². The molecule has 0 aliphatic carbocycles. The summed E-state index contributed by atoms with van der Waals surface area (Å²) in [5, 5.41) is 25.5. The maximum atomic E-state index is 12.6. The number of thioether (sulfide) groups is 2. The van der Waals surface area contributed by atoms with Crippen LogP contribution in [0, 0.1) is 0 Å². The van der Waals surface area contributed by atoms with Gasteiger partial charge in [-0.1, -0.05) is 83.1 Å². The summed E-state index contributed by atoms with van der Waals surface area (Å²) in [6.07, 6.45) is 6.16. The van der Waals surface area contributed by atoms with Crippen molar-refractivity contribution >= 4 is 29.4 Å². The number of piperidine rings is 1. The van der Waals surface area contributed by atoms with Gasteiger partial charge in [0.25, 0.3) is 0 Å². The molecule has 0 saturated carbocycles. The molecule has 2 heterocycles. The van der Waals surface area contributed by atoms with Gasteiger partial charge in [0.1, 0.15) is 18.1 Å². The molecule has 0 bridgehead atoms. The van der Waals surface area contributed by atoms with E-state index in [0.717, 1.165) is 47.6 Å². The number of aryl methyl sites for hydroxylation is 1. The minimum absolute atomic E-state index is 0.161. The first kappa shape index (κ1) is 40.2. The number of rotatable bonds is 10. The van der Waals surface area contributed by atoms with E-state index in [-0.39, 0.29) is 31.6 Å². The van der Waals surface area contributed by atoms with Gasteiger partial charge >= 0.3 is 0 Å². The Morgan fingerprint density at radius 1 is 0.800 bits per heavy atom. The van der Waals surface area contributed by atoms with Crippen LogP contribution in [0.1, 0.15) is 125 Å². The van der Waals surface area contributed by atoms with E-state index in [1.807, 2.05) is 40.5 Å². The minimum atomic E-state index is -0.470. The molecule has 2 N–H and O–H groups in total. The Bertz CT molecular complexity index is 1550. The lowest BCUT2D eigenvalue weighted by molar-refractivity contribution is -0.135. The molecule has 7 nitrogen and oxygen atoms in total. The molecular formula is C41H61N3O4S2. The largest absolute Gasteiger partial charge is 0.507 e. The van der Waals surface area contributed by atoms with Crippen molar-refractivity contribution in [3.8, 4) is 11.5 Å². The van der Waals surface area contributed by atoms with Crippen LogP contribution in [0.15, 0.2) is 52.5 Å². The lowest BCUT2D eigenvalue weighted by atomic mass is 9.79. The number of amides is 1. The number of phenolic OH excluding ortho intramolecular Hbond substituents is 1. The zero-order valence-electron chi connectivity index (χ0n) is 32.6. The summed E-state index contributed by atoms with van der Waals surface area (Å²) >= 11 is 3.74. The second-order valence-corrected chi connectivity index (χ2v) is 21.0. The Labute approximate surface area is 310 Å². The summed E-state index contributed by atoms with van der Waals surface area (Å²) in [5.41, 5.74) is 3.46. The van der Waals surface area contributed by atoms with Crippen LogP contribution in [0.4, 0.5) is 0 Å². The predicted octanol–water partition coefficient (Wildman–Crippen LogP) is 9.44. The smallest absolute Gasteiger partial charge is 0.248 e. The first-order valence-electron chi connectivity index (χ1n) is 18.0. The number of phenols is 1. The standard InChI is InChI=1S/C41H61N3O4S2/c1-37(2,3)30-23-28(24-31(35(30)47)38(4,5)6)49-41(15-20-43(21-16-41)34(46)27-45)50-29-25-32(39(7,8)9)36(33(26-29)40(10,11)12)48-22-14-19-44-18-13-17-42-44/h13,17-18,23-26,45,47H,14-16,19-22,27H2,1-12H3. The SMILES string of the molecule is CC(C)(C)c1cc(SC2(Sc3cc(C(C)(C)C)c(OCCCn4cccn4)c(C(C)(C)C)c3)CCN(C(=O)CO)CC2)cc(C(C)(C)C)c1O. The number of likely N-dealkylation sites (tertiary alicyclic amines) is 1. The number of benzene rings is 2. The Kier molecular flexibility index (Phi) is 12.2. The second-order valence-electron chi connectivity index (χ2n) is 17.8. The number of aromatic hydroxyl groups is 1. The maximum Gasteiger partial charge on any atom is 0.248 e. The van der Waals surface area contributed by atoms with Crippen molar-refractivity contribution in [3.63, 3.8) is 0 Å². The highest BCUT2D eigenvalue weighted by atomic mass is 32.2. The van der Waals surface area contributed by atoms with Crippen LogP contribution in [0.3, 0.4) is 0 Å². The van der Waals surface area contributed by atoms with Gasteiger partial charge in [0.05, 0.1) is 10.7 Å². The minimum Gasteiger partial charge on any atom is -0.507 e. The number of ether oxygens (including phenoxy) is 1. The number of hydrogen-bond acceptors (Lipinski definition) is 7. The van der Waals surface area contributed by atoms with Crippen molar-refractivity contribution in [2.24, 2.45) is 0 Å². The summed E-state index contributed by atoms with van der Waals surface area (Å²) in [6.45, 7) is 28.5. The number of carbonyl (C=O) groups is 1. The van der Waals surface area contributed by atoms with Gasteiger partial charge in [0.15, 0.2) is 0 Å². The molecule has 1 aromatic heterocycles. The van der Waals surface area contributed by atoms with E-state index < -0.39 is 6.61 Å². The fourth-order valence-corrected chi connectivity index (χ4v) is 9.51. The summed E-state index contributed by atoms with van der Waals surface area (Å²) in [5.74, 6) is 1.13. The summed E-state index contributed by atoms with van der Waals surface area (Å²) < 4.78 is 8.35. The second kappa shape index (κ2) is 15.2. The average Bonchev–Trinajstić information content (AvgIpc) is 3.52. The van der Waals surface area contributed by atoms with E-state index in [1.54, 1.807) is 11.1 Å². The number of carbonyl (C=O) groups excluding carboxylic acids is 1. The first-order valence-corrected chi connectivity index (χ1v) is 19.6. The van der Waals surface area contributed by atoms with Crippen molar-refractivity contribution in [1.29, 1.82) is 0 Å². The highest BCUT2D eigenvalue weighted by Crippen LogP contribution is 2.55. The fourth-order valence-electron chi connectivity index (χ4n) is 6.43. The molecule has 0 radical (unpaired) electrons. The van der Waals surface area contributed by atoms with Gasteiger partial charge < -0.3 is 19.8 Å². The monoisotopic (exact) mass is 723 g/mol. The molecule has 1 saturated heterocycles. The first-order chi connectivity index (χ1) is 23.0. The lowest BCUT2D eigenvalue weighted by Crippen LogP contribution is -2.44. The number of hydrogen-bond donors (Lipinski definition) is 2. The topological polar surface area (TPSA) is 87.8 Å². The van der Waals surface area contributed by atoms with E-state index in [9.17, 15) is 15.0 Å². The van der Waals surface area contributed by atoms with E-state index in [2.05, 4.69) is 112 Å². The molecule has 276 valence electrons. The number of aromatic nitrogens is 2. The van der Waals surface area contributed by atoms with Crippen LogP contribution in [-0.4, -0.2) is 61.2 Å². The normalized spacial score (nSPS) is 15.7. The molecule has 0 spiro atoms. The van der Waals surface area contributed by atoms with Gasteiger partial charge in [-0.2, -0.15) is 5.10 Å². The summed E-state index contributed by atoms with van der Waals surface area (Å²) in [7, 11) is 0. The van der Waals surface area contributed by atoms with Crippen LogP contribution in [-0.2, 0) is 33.0 Å². The maximum absolute atomic E-state index is 12.6. The Balaban J connectivity index is 1.79. The van der Waals surface area contributed by atoms with Crippen LogP contribution in [0.25, 0.3) is 0 Å². The van der Waals surface area contributed by atoms with Crippen LogP contribution in [0.5, 0.6) is 11.5 Å². The molecule has 50 heavy (non-hydrogen) atoms. The fraction of sp³-hybridized carbons (Fsp3) is 0.610. The van der Waals surface area contributed by atoms with Crippen molar-refractivity contribution in [2.45, 2.75) is 144 Å². The molecule has 0 atom stereocenters. The average molecular weight is 724 g/mol. The number of nitrogens with zero attached hydrogens (tertiary/aromatic N) is 3. The van der Waals surface area contributed by atoms with Crippen molar-refractivity contribution in [1.82, 2.24) is 14.7 Å². The van der Waals surface area contributed by atoms with Gasteiger partial charge in [-0.3, -0.25) is 9.48 Å². The van der Waals surface area contributed by atoms with Gasteiger partial charge in [0, 0.05) is 70.5 Å². The van der Waals surface area contributed by atoms with E-state index in [0.29, 0.717) is 25.4 Å². The molecule has 9 heteroatoms. The number of aliphatic hydroxyl groups excluding tert-OH is 1. The predicted molar refractivity (Wildman–Crippen MR) is 209 cm³/mol. The molecule has 1 fully saturated rings. The Morgan fingerprint density at radius 2 is 1.26 bits per heavy atom. The third-order valence-electron chi connectivity index (χ3n) is 9.34. The van der Waals surface area contributed by atoms with Crippen LogP contribution in [0.2, 0.25) is 0 Å². The zero-order valence-corrected chi connectivity index (χ0v) is 34.2. The molecule has 1 aliphatic heterocycles. The number of aliphatic hydroxyl groups is 1. The summed E-state index contributed by atoms with van der Waals surface area (Å²) in [4.78, 5) is 16.7. The van der Waals surface area contributed by atoms with Crippen molar-refractivity contribution in [3.05, 3.63) is 65.0 Å². The van der Waals surface area contributed by atoms with E-state index in [1.165, 1.54) is 16.0 Å². The van der Waals surface area contributed by atoms with Crippen molar-refractivity contribution < 1.29 is 19.7 Å². The molecule has 4 rings (SSSR count). The van der Waals surface area contributed by atoms with Crippen molar-refractivity contribution in [2.75, 3.05) is 26.3 Å². The van der Waals surface area contributed by atoms with Crippen LogP contribution < -0.4 is 4.74 Å². The molecular weight excluding hydrogens is 663 g/mol. The van der Waals surface area contributed by atoms with Gasteiger partial charge in [0.2, 0.25) is 5.91 Å². The van der Waals surface area contributed by atoms with Gasteiger partial charge in [-0.25, -0.2) is 0 Å². The summed E-state index contributed by atoms with van der Waals surface area (Å²) in [6, 6.07) is 10.9. The zero-order chi connectivity index (χ0) is 37.3. The third-order valence-corrected chi connectivity index (χ3v) is 12.3. The Hall–Kier alpha value is -2.62. The lowest BCUT2D eigenvalue weighted by Gasteiger charge is -2.41. The molecule has 1 amide bonds. The molecule has 0 unspecified atom stereocenters. The third kappa shape index (κ3) is 9.82. The molecule has 3 aromatic rings. The Morgan fingerprint density at radius 3 is 1.66 bits per heavy atom.